The lowest BCUT2D eigenvalue weighted by Crippen LogP contribution is -2.47. The molecule has 0 radical (unpaired) electrons. The van der Waals surface area contributed by atoms with Crippen LogP contribution >= 0.6 is 0 Å². The van der Waals surface area contributed by atoms with Gasteiger partial charge in [0.15, 0.2) is 0 Å². The zero-order chi connectivity index (χ0) is 19.6. The summed E-state index contributed by atoms with van der Waals surface area (Å²) in [5.41, 5.74) is 0. The fourth-order valence-corrected chi connectivity index (χ4v) is 4.96. The first-order valence-electron chi connectivity index (χ1n) is 9.60. The highest BCUT2D eigenvalue weighted by Crippen LogP contribution is 2.21. The summed E-state index contributed by atoms with van der Waals surface area (Å²) < 4.78 is 27.2. The highest BCUT2D eigenvalue weighted by Gasteiger charge is 2.28. The Labute approximate surface area is 166 Å². The molecule has 2 fully saturated rings. The van der Waals surface area contributed by atoms with Crippen molar-refractivity contribution in [1.82, 2.24) is 19.2 Å². The molecule has 4 heterocycles. The van der Waals surface area contributed by atoms with Crippen LogP contribution in [0.5, 0.6) is 0 Å². The number of rotatable bonds is 4. The van der Waals surface area contributed by atoms with Crippen LogP contribution in [-0.4, -0.2) is 87.0 Å². The van der Waals surface area contributed by atoms with E-state index in [2.05, 4.69) is 24.7 Å². The zero-order valence-corrected chi connectivity index (χ0v) is 16.9. The Morgan fingerprint density at radius 3 is 1.96 bits per heavy atom. The molecule has 0 N–H and O–H groups in total. The Kier molecular flexibility index (Phi) is 5.47. The minimum atomic E-state index is -3.47. The maximum absolute atomic E-state index is 12.8. The monoisotopic (exact) mass is 402 g/mol. The first kappa shape index (κ1) is 19.1. The summed E-state index contributed by atoms with van der Waals surface area (Å²) >= 11 is 0. The van der Waals surface area contributed by atoms with E-state index in [9.17, 15) is 8.42 Å². The maximum atomic E-state index is 12.8. The molecule has 0 atom stereocenters. The average Bonchev–Trinajstić information content (AvgIpc) is 2.75. The fraction of sp³-hybridized carbons (Fsp3) is 0.474. The van der Waals surface area contributed by atoms with Gasteiger partial charge in [-0.15, -0.1) is 0 Å². The van der Waals surface area contributed by atoms with Crippen LogP contribution in [0.3, 0.4) is 0 Å². The lowest BCUT2D eigenvalue weighted by molar-refractivity contribution is 0.222. The molecule has 0 unspecified atom stereocenters. The molecule has 0 spiro atoms. The highest BCUT2D eigenvalue weighted by atomic mass is 32.2. The van der Waals surface area contributed by atoms with E-state index in [1.807, 2.05) is 37.5 Å². The molecule has 2 aromatic rings. The van der Waals surface area contributed by atoms with Crippen molar-refractivity contribution < 1.29 is 8.42 Å². The number of anilines is 2. The molecule has 9 heteroatoms. The van der Waals surface area contributed by atoms with Crippen LogP contribution in [0.2, 0.25) is 0 Å². The number of sulfonamides is 1. The van der Waals surface area contributed by atoms with Crippen molar-refractivity contribution in [2.75, 3.05) is 69.2 Å². The smallest absolute Gasteiger partial charge is 0.244 e. The number of pyridine rings is 2. The topological polar surface area (TPSA) is 72.9 Å². The Morgan fingerprint density at radius 1 is 0.786 bits per heavy atom. The Balaban J connectivity index is 1.40. The summed E-state index contributed by atoms with van der Waals surface area (Å²) in [7, 11) is -1.46. The van der Waals surface area contributed by atoms with E-state index in [4.69, 9.17) is 0 Å². The summed E-state index contributed by atoms with van der Waals surface area (Å²) in [6, 6.07) is 9.43. The number of likely N-dealkylation sites (N-methyl/N-ethyl adjacent to an activating group) is 1. The molecule has 8 nitrogen and oxygen atoms in total. The largest absolute Gasteiger partial charge is 0.353 e. The van der Waals surface area contributed by atoms with Crippen LogP contribution in [0, 0.1) is 0 Å². The first-order chi connectivity index (χ1) is 13.5. The molecule has 2 aliphatic heterocycles. The van der Waals surface area contributed by atoms with E-state index in [0.29, 0.717) is 13.1 Å². The van der Waals surface area contributed by atoms with Crippen molar-refractivity contribution in [3.05, 3.63) is 42.7 Å². The van der Waals surface area contributed by atoms with Crippen LogP contribution < -0.4 is 9.80 Å². The van der Waals surface area contributed by atoms with E-state index >= 15 is 0 Å². The van der Waals surface area contributed by atoms with Gasteiger partial charge in [0.2, 0.25) is 10.0 Å². The van der Waals surface area contributed by atoms with Crippen LogP contribution in [-0.2, 0) is 10.0 Å². The third kappa shape index (κ3) is 3.96. The molecule has 0 aliphatic carbocycles. The van der Waals surface area contributed by atoms with Crippen molar-refractivity contribution >= 4 is 21.7 Å². The summed E-state index contributed by atoms with van der Waals surface area (Å²) in [4.78, 5) is 15.7. The first-order valence-corrected chi connectivity index (χ1v) is 11.0. The van der Waals surface area contributed by atoms with Crippen molar-refractivity contribution in [3.8, 4) is 0 Å². The summed E-state index contributed by atoms with van der Waals surface area (Å²) in [5.74, 6) is 1.81. The van der Waals surface area contributed by atoms with E-state index in [0.717, 1.165) is 50.9 Å². The number of hydrogen-bond acceptors (Lipinski definition) is 7. The molecule has 2 aliphatic rings. The quantitative estimate of drug-likeness (QED) is 0.747. The van der Waals surface area contributed by atoms with E-state index in [1.54, 1.807) is 10.4 Å². The van der Waals surface area contributed by atoms with Gasteiger partial charge in [-0.2, -0.15) is 4.31 Å². The zero-order valence-electron chi connectivity index (χ0n) is 16.1. The molecule has 2 saturated heterocycles. The molecule has 28 heavy (non-hydrogen) atoms. The minimum absolute atomic E-state index is 0.271. The predicted octanol–water partition coefficient (Wildman–Crippen LogP) is 0.739. The fourth-order valence-electron chi connectivity index (χ4n) is 3.60. The Morgan fingerprint density at radius 2 is 1.43 bits per heavy atom. The van der Waals surface area contributed by atoms with Crippen molar-refractivity contribution in [2.45, 2.75) is 4.90 Å². The molecule has 0 amide bonds. The maximum Gasteiger partial charge on any atom is 0.244 e. The van der Waals surface area contributed by atoms with Gasteiger partial charge in [-0.3, -0.25) is 0 Å². The molecule has 150 valence electrons. The normalized spacial score (nSPS) is 19.8. The second-order valence-electron chi connectivity index (χ2n) is 7.22. The third-order valence-corrected chi connectivity index (χ3v) is 7.28. The van der Waals surface area contributed by atoms with E-state index in [1.165, 1.54) is 6.20 Å². The van der Waals surface area contributed by atoms with Gasteiger partial charge >= 0.3 is 0 Å². The standard InChI is InChI=1S/C19H26N6O2S/c1-22-8-14-25(15-9-22)28(26,27)17-5-6-19(21-16-17)24-12-10-23(11-13-24)18-4-2-3-7-20-18/h2-7,16H,8-15H2,1H3. The molecular formula is C19H26N6O2S. The Hall–Kier alpha value is -2.23. The van der Waals surface area contributed by atoms with Gasteiger partial charge in [0.25, 0.3) is 0 Å². The van der Waals surface area contributed by atoms with Crippen molar-refractivity contribution in [1.29, 1.82) is 0 Å². The third-order valence-electron chi connectivity index (χ3n) is 5.40. The Bertz CT molecular complexity index is 874. The van der Waals surface area contributed by atoms with Crippen LogP contribution in [0.15, 0.2) is 47.6 Å². The average molecular weight is 403 g/mol. The molecule has 4 rings (SSSR count). The summed E-state index contributed by atoms with van der Waals surface area (Å²) in [6.07, 6.45) is 3.30. The molecule has 0 aromatic carbocycles. The van der Waals surface area contributed by atoms with E-state index in [-0.39, 0.29) is 4.90 Å². The van der Waals surface area contributed by atoms with Gasteiger partial charge in [-0.05, 0) is 31.3 Å². The predicted molar refractivity (Wildman–Crippen MR) is 109 cm³/mol. The van der Waals surface area contributed by atoms with Crippen LogP contribution in [0.25, 0.3) is 0 Å². The minimum Gasteiger partial charge on any atom is -0.353 e. The van der Waals surface area contributed by atoms with Crippen molar-refractivity contribution in [2.24, 2.45) is 0 Å². The summed E-state index contributed by atoms with van der Waals surface area (Å²) in [6.45, 7) is 5.94. The van der Waals surface area contributed by atoms with Gasteiger partial charge in [0, 0.05) is 64.8 Å². The lowest BCUT2D eigenvalue weighted by Gasteiger charge is -2.36. The van der Waals surface area contributed by atoms with Crippen molar-refractivity contribution in [3.63, 3.8) is 0 Å². The van der Waals surface area contributed by atoms with Gasteiger partial charge in [-0.1, -0.05) is 6.07 Å². The SMILES string of the molecule is CN1CCN(S(=O)(=O)c2ccc(N3CCN(c4ccccn4)CC3)nc2)CC1. The number of aromatic nitrogens is 2. The van der Waals surface area contributed by atoms with Crippen LogP contribution in [0.4, 0.5) is 11.6 Å². The molecular weight excluding hydrogens is 376 g/mol. The lowest BCUT2D eigenvalue weighted by atomic mass is 10.3. The second kappa shape index (κ2) is 8.02. The van der Waals surface area contributed by atoms with Gasteiger partial charge < -0.3 is 14.7 Å². The number of nitrogens with zero attached hydrogens (tertiary/aromatic N) is 6. The molecule has 0 saturated carbocycles. The van der Waals surface area contributed by atoms with Gasteiger partial charge in [0.1, 0.15) is 16.5 Å². The highest BCUT2D eigenvalue weighted by molar-refractivity contribution is 7.89. The van der Waals surface area contributed by atoms with Gasteiger partial charge in [-0.25, -0.2) is 18.4 Å². The number of piperazine rings is 2. The number of hydrogen-bond donors (Lipinski definition) is 0. The second-order valence-corrected chi connectivity index (χ2v) is 9.16. The van der Waals surface area contributed by atoms with Gasteiger partial charge in [0.05, 0.1) is 0 Å². The van der Waals surface area contributed by atoms with E-state index < -0.39 is 10.0 Å². The van der Waals surface area contributed by atoms with Crippen LogP contribution in [0.1, 0.15) is 0 Å². The summed E-state index contributed by atoms with van der Waals surface area (Å²) in [5, 5.41) is 0. The molecule has 2 aromatic heterocycles. The molecule has 0 bridgehead atoms.